The van der Waals surface area contributed by atoms with Gasteiger partial charge in [0, 0.05) is 24.3 Å². The van der Waals surface area contributed by atoms with Crippen LogP contribution in [0.4, 0.5) is 11.4 Å². The molecule has 0 aromatic heterocycles. The Labute approximate surface area is 126 Å². The summed E-state index contributed by atoms with van der Waals surface area (Å²) in [4.78, 5) is 35.1. The lowest BCUT2D eigenvalue weighted by Crippen LogP contribution is -2.23. The van der Waals surface area contributed by atoms with Crippen LogP contribution in [0.25, 0.3) is 0 Å². The highest BCUT2D eigenvalue weighted by Gasteiger charge is 2.31. The summed E-state index contributed by atoms with van der Waals surface area (Å²) in [5.41, 5.74) is 0.514. The summed E-state index contributed by atoms with van der Waals surface area (Å²) in [5.74, 6) is -2.13. The predicted octanol–water partition coefficient (Wildman–Crippen LogP) is 1.60. The van der Waals surface area contributed by atoms with E-state index < -0.39 is 22.8 Å². The maximum absolute atomic E-state index is 11.8. The molecule has 1 saturated heterocycles. The number of hydrogen-bond acceptors (Lipinski definition) is 6. The highest BCUT2D eigenvalue weighted by Crippen LogP contribution is 2.32. The van der Waals surface area contributed by atoms with Crippen LogP contribution in [0, 0.1) is 23.0 Å². The molecule has 1 aliphatic rings. The van der Waals surface area contributed by atoms with E-state index in [1.807, 2.05) is 4.90 Å². The minimum Gasteiger partial charge on any atom is -0.481 e. The van der Waals surface area contributed by atoms with Crippen LogP contribution < -0.4 is 4.90 Å². The van der Waals surface area contributed by atoms with Gasteiger partial charge in [0.25, 0.3) is 5.69 Å². The molecule has 1 aromatic rings. The SMILES string of the molecule is COC(=O)c1cc(N2CCC(C(=O)O)C2)cc(C)c1[N+](=O)[O-]. The summed E-state index contributed by atoms with van der Waals surface area (Å²) in [6.07, 6.45) is 0.499. The number of nitro benzene ring substituents is 1. The van der Waals surface area contributed by atoms with Gasteiger partial charge in [-0.05, 0) is 25.5 Å². The summed E-state index contributed by atoms with van der Waals surface area (Å²) in [6, 6.07) is 2.98. The first-order valence-corrected chi connectivity index (χ1v) is 6.70. The third-order valence-corrected chi connectivity index (χ3v) is 3.78. The number of benzene rings is 1. The van der Waals surface area contributed by atoms with E-state index in [0.29, 0.717) is 30.8 Å². The monoisotopic (exact) mass is 308 g/mol. The quantitative estimate of drug-likeness (QED) is 0.511. The van der Waals surface area contributed by atoms with Crippen LogP contribution in [0.1, 0.15) is 22.3 Å². The number of nitrogens with zero attached hydrogens (tertiary/aromatic N) is 2. The topological polar surface area (TPSA) is 110 Å². The number of hydrogen-bond donors (Lipinski definition) is 1. The van der Waals surface area contributed by atoms with Gasteiger partial charge in [0.1, 0.15) is 5.56 Å². The fourth-order valence-electron chi connectivity index (χ4n) is 2.65. The van der Waals surface area contributed by atoms with E-state index in [4.69, 9.17) is 5.11 Å². The molecule has 1 unspecified atom stereocenters. The lowest BCUT2D eigenvalue weighted by Gasteiger charge is -2.19. The maximum atomic E-state index is 11.8. The summed E-state index contributed by atoms with van der Waals surface area (Å²) in [6.45, 7) is 2.38. The van der Waals surface area contributed by atoms with Gasteiger partial charge in [-0.15, -0.1) is 0 Å². The van der Waals surface area contributed by atoms with E-state index >= 15 is 0 Å². The molecule has 0 bridgehead atoms. The molecule has 1 aliphatic heterocycles. The Hall–Kier alpha value is -2.64. The molecular formula is C14H16N2O6. The van der Waals surface area contributed by atoms with E-state index in [9.17, 15) is 19.7 Å². The molecule has 1 aromatic carbocycles. The molecule has 1 atom stereocenters. The fraction of sp³-hybridized carbons (Fsp3) is 0.429. The van der Waals surface area contributed by atoms with Crippen LogP contribution in [-0.4, -0.2) is 42.2 Å². The normalized spacial score (nSPS) is 17.4. The second-order valence-electron chi connectivity index (χ2n) is 5.18. The van der Waals surface area contributed by atoms with Crippen molar-refractivity contribution in [3.8, 4) is 0 Å². The van der Waals surface area contributed by atoms with Crippen LogP contribution in [0.3, 0.4) is 0 Å². The largest absolute Gasteiger partial charge is 0.481 e. The maximum Gasteiger partial charge on any atom is 0.344 e. The molecular weight excluding hydrogens is 292 g/mol. The van der Waals surface area contributed by atoms with Crippen molar-refractivity contribution in [3.05, 3.63) is 33.4 Å². The molecule has 1 N–H and O–H groups in total. The summed E-state index contributed by atoms with van der Waals surface area (Å²) < 4.78 is 4.60. The molecule has 0 saturated carbocycles. The zero-order valence-corrected chi connectivity index (χ0v) is 12.2. The van der Waals surface area contributed by atoms with Crippen molar-refractivity contribution in [2.24, 2.45) is 5.92 Å². The van der Waals surface area contributed by atoms with E-state index in [1.54, 1.807) is 13.0 Å². The average molecular weight is 308 g/mol. The molecule has 118 valence electrons. The zero-order valence-electron chi connectivity index (χ0n) is 12.2. The number of nitro groups is 1. The number of carboxylic acid groups (broad SMARTS) is 1. The molecule has 2 rings (SSSR count). The van der Waals surface area contributed by atoms with Crippen molar-refractivity contribution in [2.75, 3.05) is 25.1 Å². The number of ether oxygens (including phenoxy) is 1. The third kappa shape index (κ3) is 2.85. The summed E-state index contributed by atoms with van der Waals surface area (Å²) in [7, 11) is 1.16. The number of anilines is 1. The Morgan fingerprint density at radius 2 is 2.14 bits per heavy atom. The zero-order chi connectivity index (χ0) is 16.4. The number of esters is 1. The molecule has 0 amide bonds. The van der Waals surface area contributed by atoms with Gasteiger partial charge in [0.15, 0.2) is 0 Å². The lowest BCUT2D eigenvalue weighted by molar-refractivity contribution is -0.385. The van der Waals surface area contributed by atoms with Gasteiger partial charge in [-0.3, -0.25) is 14.9 Å². The van der Waals surface area contributed by atoms with Gasteiger partial charge < -0.3 is 14.7 Å². The van der Waals surface area contributed by atoms with Crippen molar-refractivity contribution in [1.82, 2.24) is 0 Å². The first-order valence-electron chi connectivity index (χ1n) is 6.70. The minimum atomic E-state index is -0.866. The van der Waals surface area contributed by atoms with Crippen LogP contribution in [0.5, 0.6) is 0 Å². The van der Waals surface area contributed by atoms with E-state index in [2.05, 4.69) is 4.74 Å². The molecule has 0 spiro atoms. The second kappa shape index (κ2) is 6.00. The van der Waals surface area contributed by atoms with Gasteiger partial charge >= 0.3 is 11.9 Å². The summed E-state index contributed by atoms with van der Waals surface area (Å²) >= 11 is 0. The van der Waals surface area contributed by atoms with E-state index in [-0.39, 0.29) is 11.3 Å². The van der Waals surface area contributed by atoms with Crippen molar-refractivity contribution < 1.29 is 24.4 Å². The van der Waals surface area contributed by atoms with Crippen molar-refractivity contribution in [1.29, 1.82) is 0 Å². The van der Waals surface area contributed by atoms with Gasteiger partial charge in [-0.1, -0.05) is 0 Å². The second-order valence-corrected chi connectivity index (χ2v) is 5.18. The minimum absolute atomic E-state index is 0.124. The van der Waals surface area contributed by atoms with E-state index in [1.165, 1.54) is 6.07 Å². The molecule has 22 heavy (non-hydrogen) atoms. The fourth-order valence-corrected chi connectivity index (χ4v) is 2.65. The molecule has 0 aliphatic carbocycles. The number of aliphatic carboxylic acids is 1. The Morgan fingerprint density at radius 1 is 1.45 bits per heavy atom. The van der Waals surface area contributed by atoms with Crippen molar-refractivity contribution in [3.63, 3.8) is 0 Å². The molecule has 0 radical (unpaired) electrons. The van der Waals surface area contributed by atoms with Crippen molar-refractivity contribution in [2.45, 2.75) is 13.3 Å². The van der Waals surface area contributed by atoms with Crippen LogP contribution >= 0.6 is 0 Å². The standard InChI is InChI=1S/C14H16N2O6/c1-8-5-10(15-4-3-9(7-15)13(17)18)6-11(14(19)22-2)12(8)16(20)21/h5-6,9H,3-4,7H2,1-2H3,(H,17,18). The van der Waals surface area contributed by atoms with Crippen molar-refractivity contribution >= 4 is 23.3 Å². The van der Waals surface area contributed by atoms with Gasteiger partial charge in [-0.25, -0.2) is 4.79 Å². The van der Waals surface area contributed by atoms with E-state index in [0.717, 1.165) is 7.11 Å². The van der Waals surface area contributed by atoms with Gasteiger partial charge in [0.05, 0.1) is 18.0 Å². The molecule has 8 heteroatoms. The molecule has 1 fully saturated rings. The molecule has 8 nitrogen and oxygen atoms in total. The lowest BCUT2D eigenvalue weighted by atomic mass is 10.1. The number of carbonyl (C=O) groups excluding carboxylic acids is 1. The Morgan fingerprint density at radius 3 is 2.64 bits per heavy atom. The van der Waals surface area contributed by atoms with Gasteiger partial charge in [0.2, 0.25) is 0 Å². The number of aryl methyl sites for hydroxylation is 1. The Bertz CT molecular complexity index is 642. The van der Waals surface area contributed by atoms with Crippen LogP contribution in [-0.2, 0) is 9.53 Å². The Balaban J connectivity index is 2.43. The highest BCUT2D eigenvalue weighted by molar-refractivity contribution is 5.96. The first-order chi connectivity index (χ1) is 10.3. The molecule has 1 heterocycles. The van der Waals surface area contributed by atoms with Gasteiger partial charge in [-0.2, -0.15) is 0 Å². The average Bonchev–Trinajstić information content (AvgIpc) is 2.95. The third-order valence-electron chi connectivity index (χ3n) is 3.78. The Kier molecular flexibility index (Phi) is 4.30. The number of methoxy groups -OCH3 is 1. The first kappa shape index (κ1) is 15.7. The van der Waals surface area contributed by atoms with Crippen LogP contribution in [0.15, 0.2) is 12.1 Å². The highest BCUT2D eigenvalue weighted by atomic mass is 16.6. The summed E-state index contributed by atoms with van der Waals surface area (Å²) in [5, 5.41) is 20.2. The number of rotatable bonds is 4. The predicted molar refractivity (Wildman–Crippen MR) is 77.1 cm³/mol. The van der Waals surface area contributed by atoms with Crippen LogP contribution in [0.2, 0.25) is 0 Å². The number of carbonyl (C=O) groups is 2. The smallest absolute Gasteiger partial charge is 0.344 e. The number of carboxylic acids is 1.